The molecule has 0 aliphatic rings. The summed E-state index contributed by atoms with van der Waals surface area (Å²) >= 11 is 0. The lowest BCUT2D eigenvalue weighted by Gasteiger charge is -2.17. The third-order valence-electron chi connectivity index (χ3n) is 4.54. The van der Waals surface area contributed by atoms with Gasteiger partial charge >= 0.3 is 12.3 Å². The molecule has 1 aromatic heterocycles. The van der Waals surface area contributed by atoms with Crippen molar-refractivity contribution in [2.75, 3.05) is 11.9 Å². The van der Waals surface area contributed by atoms with E-state index in [1.807, 2.05) is 6.07 Å². The van der Waals surface area contributed by atoms with Gasteiger partial charge < -0.3 is 19.3 Å². The Balaban J connectivity index is 1.91. The molecule has 10 heteroatoms. The number of carboxylic acid groups (broad SMARTS) is 1. The molecule has 0 aliphatic carbocycles. The fourth-order valence-electron chi connectivity index (χ4n) is 3.13. The van der Waals surface area contributed by atoms with Crippen LogP contribution in [0.1, 0.15) is 5.56 Å². The summed E-state index contributed by atoms with van der Waals surface area (Å²) in [5, 5.41) is 19.3. The highest BCUT2D eigenvalue weighted by Gasteiger charge is 2.31. The number of fused-ring (bicyclic) bond motifs is 1. The lowest BCUT2D eigenvalue weighted by molar-refractivity contribution is -0.274. The number of nitrogens with zero attached hydrogens (tertiary/aromatic N) is 3. The summed E-state index contributed by atoms with van der Waals surface area (Å²) in [7, 11) is 1.38. The number of ether oxygens (including phenoxy) is 1. The zero-order valence-corrected chi connectivity index (χ0v) is 16.6. The Morgan fingerprint density at radius 3 is 2.44 bits per heavy atom. The highest BCUT2D eigenvalue weighted by Crippen LogP contribution is 2.27. The van der Waals surface area contributed by atoms with Gasteiger partial charge in [-0.25, -0.2) is 0 Å². The number of aliphatic carboxylic acids is 1. The number of carboxylic acids is 1. The molecular formula is C22H16F3N3O4. The van der Waals surface area contributed by atoms with E-state index in [-0.39, 0.29) is 17.8 Å². The lowest BCUT2D eigenvalue weighted by Crippen LogP contribution is -2.27. The molecule has 0 spiro atoms. The fraction of sp³-hybridized carbons (Fsp3) is 0.136. The summed E-state index contributed by atoms with van der Waals surface area (Å²) in [6, 6.07) is 13.4. The number of anilines is 1. The number of carbonyl (C=O) groups is 2. The number of para-hydroxylation sites is 1. The van der Waals surface area contributed by atoms with Crippen LogP contribution in [-0.2, 0) is 16.1 Å². The van der Waals surface area contributed by atoms with E-state index in [9.17, 15) is 28.0 Å². The topological polar surface area (TPSA) is 95.6 Å². The molecule has 0 bridgehead atoms. The molecule has 0 aliphatic heterocycles. The van der Waals surface area contributed by atoms with E-state index in [4.69, 9.17) is 5.11 Å². The molecule has 0 atom stereocenters. The van der Waals surface area contributed by atoms with Crippen LogP contribution in [0.15, 0.2) is 60.3 Å². The molecular weight excluding hydrogens is 427 g/mol. The maximum absolute atomic E-state index is 12.8. The lowest BCUT2D eigenvalue weighted by atomic mass is 10.1. The highest BCUT2D eigenvalue weighted by molar-refractivity contribution is 6.11. The van der Waals surface area contributed by atoms with Crippen molar-refractivity contribution < 1.29 is 32.6 Å². The highest BCUT2D eigenvalue weighted by atomic mass is 19.4. The number of benzene rings is 2. The van der Waals surface area contributed by atoms with Crippen LogP contribution in [0.3, 0.4) is 0 Å². The molecule has 1 N–H and O–H groups in total. The number of amides is 1. The molecule has 3 aromatic rings. The number of halogens is 3. The molecule has 164 valence electrons. The molecule has 3 rings (SSSR count). The number of aromatic nitrogens is 1. The minimum atomic E-state index is -4.83. The van der Waals surface area contributed by atoms with Gasteiger partial charge in [0.15, 0.2) is 0 Å². The first kappa shape index (κ1) is 22.4. The molecule has 2 aromatic carbocycles. The fourth-order valence-corrected chi connectivity index (χ4v) is 3.13. The number of carbonyl (C=O) groups excluding carboxylic acids is 1. The minimum Gasteiger partial charge on any atom is -0.480 e. The Labute approximate surface area is 180 Å². The summed E-state index contributed by atoms with van der Waals surface area (Å²) in [4.78, 5) is 25.1. The van der Waals surface area contributed by atoms with Gasteiger partial charge in [0.2, 0.25) is 0 Å². The van der Waals surface area contributed by atoms with Crippen molar-refractivity contribution in [3.63, 3.8) is 0 Å². The zero-order valence-electron chi connectivity index (χ0n) is 16.6. The van der Waals surface area contributed by atoms with Crippen LogP contribution in [-0.4, -0.2) is 35.0 Å². The van der Waals surface area contributed by atoms with Gasteiger partial charge in [-0.2, -0.15) is 5.26 Å². The second kappa shape index (κ2) is 8.85. The van der Waals surface area contributed by atoms with E-state index >= 15 is 0 Å². The molecule has 1 amide bonds. The smallest absolute Gasteiger partial charge is 0.480 e. The van der Waals surface area contributed by atoms with Gasteiger partial charge in [0.25, 0.3) is 5.91 Å². The first-order valence-corrected chi connectivity index (χ1v) is 9.14. The molecule has 1 heterocycles. The van der Waals surface area contributed by atoms with Gasteiger partial charge in [-0.3, -0.25) is 9.59 Å². The van der Waals surface area contributed by atoms with Crippen LogP contribution in [0.5, 0.6) is 5.75 Å². The van der Waals surface area contributed by atoms with Crippen molar-refractivity contribution in [3.8, 4) is 11.8 Å². The van der Waals surface area contributed by atoms with Crippen molar-refractivity contribution in [1.29, 1.82) is 5.26 Å². The number of rotatable bonds is 6. The molecule has 0 unspecified atom stereocenters. The van der Waals surface area contributed by atoms with E-state index in [2.05, 4.69) is 4.74 Å². The average molecular weight is 443 g/mol. The van der Waals surface area contributed by atoms with Crippen LogP contribution < -0.4 is 9.64 Å². The Morgan fingerprint density at radius 2 is 1.84 bits per heavy atom. The Morgan fingerprint density at radius 1 is 1.19 bits per heavy atom. The molecule has 0 saturated carbocycles. The first-order chi connectivity index (χ1) is 15.1. The van der Waals surface area contributed by atoms with E-state index in [1.54, 1.807) is 24.3 Å². The van der Waals surface area contributed by atoms with E-state index < -0.39 is 24.0 Å². The summed E-state index contributed by atoms with van der Waals surface area (Å²) in [5.41, 5.74) is 1.12. The number of nitriles is 1. The predicted molar refractivity (Wildman–Crippen MR) is 110 cm³/mol. The molecule has 0 saturated heterocycles. The quantitative estimate of drug-likeness (QED) is 0.455. The monoisotopic (exact) mass is 443 g/mol. The molecule has 0 radical (unpaired) electrons. The first-order valence-electron chi connectivity index (χ1n) is 9.14. The molecule has 32 heavy (non-hydrogen) atoms. The van der Waals surface area contributed by atoms with Crippen LogP contribution in [0, 0.1) is 11.3 Å². The van der Waals surface area contributed by atoms with Crippen LogP contribution in [0.25, 0.3) is 17.0 Å². The number of alkyl halides is 3. The summed E-state index contributed by atoms with van der Waals surface area (Å²) in [5.74, 6) is -2.17. The number of hydrogen-bond acceptors (Lipinski definition) is 4. The van der Waals surface area contributed by atoms with Crippen molar-refractivity contribution in [2.24, 2.45) is 0 Å². The van der Waals surface area contributed by atoms with Gasteiger partial charge in [0, 0.05) is 35.4 Å². The van der Waals surface area contributed by atoms with Gasteiger partial charge in [0.1, 0.15) is 23.9 Å². The van der Waals surface area contributed by atoms with Crippen molar-refractivity contribution in [2.45, 2.75) is 12.9 Å². The molecule has 7 nitrogen and oxygen atoms in total. The van der Waals surface area contributed by atoms with Gasteiger partial charge in [0.05, 0.1) is 0 Å². The molecule has 0 fully saturated rings. The SMILES string of the molecule is CN(C(=O)/C(C#N)=C/c1cn(CC(=O)O)c2ccccc12)c1ccc(OC(F)(F)F)cc1. The predicted octanol–water partition coefficient (Wildman–Crippen LogP) is 4.19. The number of hydrogen-bond donors (Lipinski definition) is 1. The van der Waals surface area contributed by atoms with Crippen molar-refractivity contribution in [3.05, 3.63) is 65.9 Å². The van der Waals surface area contributed by atoms with Gasteiger partial charge in [-0.1, -0.05) is 18.2 Å². The third kappa shape index (κ3) is 5.07. The van der Waals surface area contributed by atoms with Crippen molar-refractivity contribution >= 4 is 34.5 Å². The summed E-state index contributed by atoms with van der Waals surface area (Å²) < 4.78 is 42.2. The Bertz CT molecular complexity index is 1240. The summed E-state index contributed by atoms with van der Waals surface area (Å²) in [6.07, 6.45) is -1.95. The summed E-state index contributed by atoms with van der Waals surface area (Å²) in [6.45, 7) is -0.295. The van der Waals surface area contributed by atoms with Crippen molar-refractivity contribution in [1.82, 2.24) is 4.57 Å². The van der Waals surface area contributed by atoms with Crippen LogP contribution in [0.2, 0.25) is 0 Å². The Hall–Kier alpha value is -4.26. The van der Waals surface area contributed by atoms with Crippen LogP contribution in [0.4, 0.5) is 18.9 Å². The minimum absolute atomic E-state index is 0.235. The Kier molecular flexibility index (Phi) is 6.20. The van der Waals surface area contributed by atoms with Gasteiger partial charge in [-0.05, 0) is 36.4 Å². The van der Waals surface area contributed by atoms with E-state index in [0.29, 0.717) is 16.5 Å². The maximum atomic E-state index is 12.8. The standard InChI is InChI=1S/C22H16F3N3O4/c1-27(16-6-8-17(9-7-16)32-22(23,24)25)21(31)14(11-26)10-15-12-28(13-20(29)30)19-5-3-2-4-18(15)19/h2-10,12H,13H2,1H3,(H,29,30)/b14-10+. The third-order valence-corrected chi connectivity index (χ3v) is 4.54. The average Bonchev–Trinajstić information content (AvgIpc) is 3.07. The second-order valence-electron chi connectivity index (χ2n) is 6.70. The largest absolute Gasteiger partial charge is 0.573 e. The zero-order chi connectivity index (χ0) is 23.5. The maximum Gasteiger partial charge on any atom is 0.573 e. The second-order valence-corrected chi connectivity index (χ2v) is 6.70. The van der Waals surface area contributed by atoms with Crippen LogP contribution >= 0.6 is 0 Å². The van der Waals surface area contributed by atoms with E-state index in [0.717, 1.165) is 17.0 Å². The number of likely N-dealkylation sites (N-methyl/N-ethyl adjacent to an activating group) is 1. The normalized spacial score (nSPS) is 11.8. The van der Waals surface area contributed by atoms with Gasteiger partial charge in [-0.15, -0.1) is 13.2 Å². The van der Waals surface area contributed by atoms with E-state index in [1.165, 1.54) is 36.0 Å².